The molecule has 0 saturated carbocycles. The maximum atomic E-state index is 12.5. The fourth-order valence-electron chi connectivity index (χ4n) is 3.50. The molecule has 1 N–H and O–H groups in total. The van der Waals surface area contributed by atoms with Gasteiger partial charge in [0.05, 0.1) is 5.52 Å². The quantitative estimate of drug-likeness (QED) is 0.259. The van der Waals surface area contributed by atoms with Gasteiger partial charge in [-0.2, -0.15) is 0 Å². The van der Waals surface area contributed by atoms with Gasteiger partial charge >= 0.3 is 5.97 Å². The van der Waals surface area contributed by atoms with E-state index < -0.39 is 5.97 Å². The Bertz CT molecular complexity index is 1310. The molecule has 0 radical (unpaired) electrons. The van der Waals surface area contributed by atoms with Crippen molar-refractivity contribution >= 4 is 57.4 Å². The lowest BCUT2D eigenvalue weighted by atomic mass is 9.99. The van der Waals surface area contributed by atoms with E-state index in [0.717, 1.165) is 0 Å². The molecule has 0 spiro atoms. The summed E-state index contributed by atoms with van der Waals surface area (Å²) in [4.78, 5) is 17.6. The Balaban J connectivity index is 2.13. The molecule has 0 atom stereocenters. The number of halogens is 3. The molecule has 5 nitrogen and oxygen atoms in total. The minimum atomic E-state index is -1.13. The minimum Gasteiger partial charge on any atom is -0.477 e. The lowest BCUT2D eigenvalue weighted by molar-refractivity contribution is 0.0688. The normalized spacial score (nSPS) is 11.7. The van der Waals surface area contributed by atoms with E-state index in [9.17, 15) is 9.90 Å². The van der Waals surface area contributed by atoms with Crippen LogP contribution in [0.3, 0.4) is 0 Å². The molecule has 0 aliphatic carbocycles. The van der Waals surface area contributed by atoms with E-state index in [0.29, 0.717) is 48.5 Å². The summed E-state index contributed by atoms with van der Waals surface area (Å²) in [6.07, 6.45) is 0. The molecule has 0 bridgehead atoms. The predicted octanol–water partition coefficient (Wildman–Crippen LogP) is 6.69. The van der Waals surface area contributed by atoms with Crippen molar-refractivity contribution in [2.24, 2.45) is 5.16 Å². The van der Waals surface area contributed by atoms with Crippen molar-refractivity contribution in [3.63, 3.8) is 0 Å². The fraction of sp³-hybridized carbons (Fsp3) is 0.0435. The van der Waals surface area contributed by atoms with Crippen LogP contribution in [0.25, 0.3) is 16.6 Å². The smallest absolute Gasteiger partial charge is 0.353 e. The maximum Gasteiger partial charge on any atom is 0.353 e. The van der Waals surface area contributed by atoms with E-state index >= 15 is 0 Å². The van der Waals surface area contributed by atoms with Crippen LogP contribution in [0, 0.1) is 0 Å². The summed E-state index contributed by atoms with van der Waals surface area (Å²) in [6.45, 7) is 0. The average Bonchev–Trinajstić information content (AvgIpc) is 3.07. The minimum absolute atomic E-state index is 0.0188. The summed E-state index contributed by atoms with van der Waals surface area (Å²) < 4.78 is 1.62. The number of carbonyl (C=O) groups is 1. The van der Waals surface area contributed by atoms with Crippen molar-refractivity contribution in [3.8, 4) is 5.69 Å². The summed E-state index contributed by atoms with van der Waals surface area (Å²) in [5.74, 6) is -1.13. The van der Waals surface area contributed by atoms with Crippen LogP contribution < -0.4 is 0 Å². The van der Waals surface area contributed by atoms with Gasteiger partial charge in [-0.3, -0.25) is 0 Å². The Hall–Kier alpha value is -2.99. The first-order chi connectivity index (χ1) is 14.9. The number of aromatic nitrogens is 1. The first-order valence-electron chi connectivity index (χ1n) is 9.11. The van der Waals surface area contributed by atoms with Crippen LogP contribution in [0.4, 0.5) is 0 Å². The Morgan fingerprint density at radius 1 is 0.903 bits per heavy atom. The van der Waals surface area contributed by atoms with E-state index in [2.05, 4.69) is 5.16 Å². The van der Waals surface area contributed by atoms with E-state index in [1.165, 1.54) is 7.11 Å². The number of oxime groups is 1. The summed E-state index contributed by atoms with van der Waals surface area (Å²) in [6, 6.07) is 19.0. The number of rotatable bonds is 5. The summed E-state index contributed by atoms with van der Waals surface area (Å²) in [7, 11) is 1.41. The third-order valence-corrected chi connectivity index (χ3v) is 5.49. The second-order valence-electron chi connectivity index (χ2n) is 6.63. The number of carboxylic acid groups (broad SMARTS) is 1. The topological polar surface area (TPSA) is 63.8 Å². The standard InChI is InChI=1S/C23H15Cl3N2O3/c1-31-27-21(13-2-4-14(24)5-3-13)20-18-11-8-16(26)12-19(18)28(22(20)23(29)30)17-9-6-15(25)7-10-17/h2-12H,1H3,(H,29,30)/b27-21-. The number of fused-ring (bicyclic) bond motifs is 1. The molecule has 0 aliphatic heterocycles. The van der Waals surface area contributed by atoms with E-state index in [-0.39, 0.29) is 5.69 Å². The molecule has 4 aromatic rings. The van der Waals surface area contributed by atoms with Gasteiger partial charge in [-0.15, -0.1) is 0 Å². The number of nitrogens with zero attached hydrogens (tertiary/aromatic N) is 2. The predicted molar refractivity (Wildman–Crippen MR) is 124 cm³/mol. The van der Waals surface area contributed by atoms with Crippen molar-refractivity contribution in [2.45, 2.75) is 0 Å². The van der Waals surface area contributed by atoms with Gasteiger partial charge in [0.1, 0.15) is 18.5 Å². The lowest BCUT2D eigenvalue weighted by Gasteiger charge is -2.11. The molecular formula is C23H15Cl3N2O3. The lowest BCUT2D eigenvalue weighted by Crippen LogP contribution is -2.14. The number of benzene rings is 3. The van der Waals surface area contributed by atoms with Crippen LogP contribution in [-0.4, -0.2) is 28.5 Å². The van der Waals surface area contributed by atoms with Crippen LogP contribution in [0.2, 0.25) is 15.1 Å². The van der Waals surface area contributed by atoms with Gasteiger partial charge in [0.15, 0.2) is 0 Å². The summed E-state index contributed by atoms with van der Waals surface area (Å²) >= 11 is 18.3. The Kier molecular flexibility index (Phi) is 5.92. The molecular weight excluding hydrogens is 459 g/mol. The second-order valence-corrected chi connectivity index (χ2v) is 7.94. The molecule has 0 amide bonds. The zero-order chi connectivity index (χ0) is 22.1. The number of hydrogen-bond acceptors (Lipinski definition) is 3. The third kappa shape index (κ3) is 4.00. The van der Waals surface area contributed by atoms with Gasteiger partial charge in [0, 0.05) is 37.3 Å². The highest BCUT2D eigenvalue weighted by molar-refractivity contribution is 6.32. The molecule has 3 aromatic carbocycles. The number of carboxylic acids is 1. The van der Waals surface area contributed by atoms with Gasteiger partial charge in [-0.1, -0.05) is 58.2 Å². The van der Waals surface area contributed by atoms with Crippen molar-refractivity contribution in [2.75, 3.05) is 7.11 Å². The van der Waals surface area contributed by atoms with Crippen molar-refractivity contribution in [1.82, 2.24) is 4.57 Å². The SMILES string of the molecule is CO/N=C(/c1ccc(Cl)cc1)c1c(C(=O)O)n(-c2ccc(Cl)cc2)c2cc(Cl)ccc12. The molecule has 0 fully saturated rings. The van der Waals surface area contributed by atoms with Gasteiger partial charge < -0.3 is 14.5 Å². The largest absolute Gasteiger partial charge is 0.477 e. The highest BCUT2D eigenvalue weighted by atomic mass is 35.5. The zero-order valence-electron chi connectivity index (χ0n) is 16.1. The highest BCUT2D eigenvalue weighted by Gasteiger charge is 2.28. The molecule has 0 aliphatic rings. The van der Waals surface area contributed by atoms with Crippen molar-refractivity contribution in [3.05, 3.63) is 98.6 Å². The third-order valence-electron chi connectivity index (χ3n) is 4.75. The second kappa shape index (κ2) is 8.63. The van der Waals surface area contributed by atoms with E-state index in [1.54, 1.807) is 71.3 Å². The summed E-state index contributed by atoms with van der Waals surface area (Å²) in [5, 5.41) is 16.6. The molecule has 156 valence electrons. The molecule has 1 heterocycles. The van der Waals surface area contributed by atoms with Crippen LogP contribution in [0.15, 0.2) is 71.9 Å². The monoisotopic (exact) mass is 472 g/mol. The Morgan fingerprint density at radius 3 is 2.06 bits per heavy atom. The Morgan fingerprint density at radius 2 is 1.48 bits per heavy atom. The molecule has 4 rings (SSSR count). The van der Waals surface area contributed by atoms with Crippen LogP contribution >= 0.6 is 34.8 Å². The van der Waals surface area contributed by atoms with Gasteiger partial charge in [0.25, 0.3) is 0 Å². The maximum absolute atomic E-state index is 12.5. The number of aromatic carboxylic acids is 1. The van der Waals surface area contributed by atoms with Crippen LogP contribution in [0.1, 0.15) is 21.6 Å². The zero-order valence-corrected chi connectivity index (χ0v) is 18.4. The van der Waals surface area contributed by atoms with Gasteiger partial charge in [-0.05, 0) is 48.5 Å². The molecule has 1 aromatic heterocycles. The van der Waals surface area contributed by atoms with Crippen molar-refractivity contribution < 1.29 is 14.7 Å². The van der Waals surface area contributed by atoms with E-state index in [1.807, 2.05) is 0 Å². The molecule has 8 heteroatoms. The first kappa shape index (κ1) is 21.2. The molecule has 31 heavy (non-hydrogen) atoms. The van der Waals surface area contributed by atoms with Gasteiger partial charge in [0.2, 0.25) is 0 Å². The van der Waals surface area contributed by atoms with E-state index in [4.69, 9.17) is 39.6 Å². The van der Waals surface area contributed by atoms with Gasteiger partial charge in [-0.25, -0.2) is 4.79 Å². The van der Waals surface area contributed by atoms with Crippen LogP contribution in [-0.2, 0) is 4.84 Å². The number of hydrogen-bond donors (Lipinski definition) is 1. The summed E-state index contributed by atoms with van der Waals surface area (Å²) in [5.41, 5.74) is 2.66. The Labute approximate surface area is 193 Å². The average molecular weight is 474 g/mol. The van der Waals surface area contributed by atoms with Crippen LogP contribution in [0.5, 0.6) is 0 Å². The van der Waals surface area contributed by atoms with Crippen molar-refractivity contribution in [1.29, 1.82) is 0 Å². The fourth-order valence-corrected chi connectivity index (χ4v) is 3.92. The highest BCUT2D eigenvalue weighted by Crippen LogP contribution is 2.34. The first-order valence-corrected chi connectivity index (χ1v) is 10.2. The molecule has 0 saturated heterocycles. The molecule has 0 unspecified atom stereocenters.